The van der Waals surface area contributed by atoms with Gasteiger partial charge < -0.3 is 5.11 Å². The lowest BCUT2D eigenvalue weighted by molar-refractivity contribution is -0.144. The van der Waals surface area contributed by atoms with E-state index in [4.69, 9.17) is 0 Å². The van der Waals surface area contributed by atoms with Crippen LogP contribution in [0.1, 0.15) is 30.9 Å². The van der Waals surface area contributed by atoms with Crippen LogP contribution in [0, 0.1) is 0 Å². The summed E-state index contributed by atoms with van der Waals surface area (Å²) < 4.78 is 1.73. The van der Waals surface area contributed by atoms with Crippen LogP contribution >= 0.6 is 0 Å². The van der Waals surface area contributed by atoms with Crippen molar-refractivity contribution < 1.29 is 9.90 Å². The smallest absolute Gasteiger partial charge is 0.325 e. The minimum absolute atomic E-state index is 0.595. The van der Waals surface area contributed by atoms with Crippen LogP contribution in [-0.4, -0.2) is 38.8 Å². The van der Waals surface area contributed by atoms with Crippen molar-refractivity contribution in [2.45, 2.75) is 25.3 Å². The van der Waals surface area contributed by atoms with E-state index >= 15 is 0 Å². The highest BCUT2D eigenvalue weighted by Gasteiger charge is 2.29. The molecule has 0 spiro atoms. The Hall–Kier alpha value is -2.14. The third kappa shape index (κ3) is 2.97. The number of para-hydroxylation sites is 1. The van der Waals surface area contributed by atoms with Crippen molar-refractivity contribution in [3.63, 3.8) is 0 Å². The van der Waals surface area contributed by atoms with Crippen molar-refractivity contribution >= 4 is 5.97 Å². The lowest BCUT2D eigenvalue weighted by atomic mass is 10.0. The zero-order valence-electron chi connectivity index (χ0n) is 11.9. The van der Waals surface area contributed by atoms with Crippen LogP contribution in [0.15, 0.2) is 42.7 Å². The quantitative estimate of drug-likeness (QED) is 0.937. The second kappa shape index (κ2) is 6.10. The normalized spacial score (nSPS) is 17.5. The van der Waals surface area contributed by atoms with Gasteiger partial charge in [-0.05, 0) is 38.1 Å². The maximum atomic E-state index is 11.7. The zero-order valence-corrected chi connectivity index (χ0v) is 11.9. The van der Waals surface area contributed by atoms with Gasteiger partial charge in [0.2, 0.25) is 0 Å². The maximum absolute atomic E-state index is 11.7. The number of aliphatic carboxylic acids is 1. The van der Waals surface area contributed by atoms with Gasteiger partial charge in [0.15, 0.2) is 0 Å². The van der Waals surface area contributed by atoms with Gasteiger partial charge in [0, 0.05) is 11.8 Å². The van der Waals surface area contributed by atoms with Crippen molar-refractivity contribution in [2.75, 3.05) is 13.1 Å². The van der Waals surface area contributed by atoms with Gasteiger partial charge in [-0.1, -0.05) is 24.6 Å². The van der Waals surface area contributed by atoms with Crippen LogP contribution in [0.3, 0.4) is 0 Å². The minimum atomic E-state index is -0.801. The number of likely N-dealkylation sites (tertiary alicyclic amines) is 1. The van der Waals surface area contributed by atoms with Gasteiger partial charge in [0.1, 0.15) is 6.04 Å². The van der Waals surface area contributed by atoms with Gasteiger partial charge in [-0.15, -0.1) is 0 Å². The van der Waals surface area contributed by atoms with Crippen LogP contribution in [0.4, 0.5) is 0 Å². The van der Waals surface area contributed by atoms with E-state index in [2.05, 4.69) is 5.10 Å². The number of carboxylic acid groups (broad SMARTS) is 1. The molecule has 0 aliphatic carbocycles. The summed E-state index contributed by atoms with van der Waals surface area (Å²) in [6.07, 6.45) is 6.81. The van der Waals surface area contributed by atoms with Crippen molar-refractivity contribution in [1.29, 1.82) is 0 Å². The first-order chi connectivity index (χ1) is 10.3. The Kier molecular flexibility index (Phi) is 4.01. The fourth-order valence-electron chi connectivity index (χ4n) is 2.89. The number of hydrogen-bond donors (Lipinski definition) is 1. The fourth-order valence-corrected chi connectivity index (χ4v) is 2.89. The van der Waals surface area contributed by atoms with Gasteiger partial charge in [0.25, 0.3) is 0 Å². The molecule has 1 aromatic heterocycles. The number of piperidine rings is 1. The summed E-state index contributed by atoms with van der Waals surface area (Å²) in [6.45, 7) is 1.68. The molecule has 21 heavy (non-hydrogen) atoms. The van der Waals surface area contributed by atoms with Crippen LogP contribution in [0.25, 0.3) is 5.69 Å². The van der Waals surface area contributed by atoms with Crippen molar-refractivity contribution in [2.24, 2.45) is 0 Å². The summed E-state index contributed by atoms with van der Waals surface area (Å²) in [5.41, 5.74) is 1.68. The second-order valence-electron chi connectivity index (χ2n) is 5.39. The molecule has 1 fully saturated rings. The van der Waals surface area contributed by atoms with Crippen LogP contribution < -0.4 is 0 Å². The van der Waals surface area contributed by atoms with E-state index in [9.17, 15) is 9.90 Å². The third-order valence-electron chi connectivity index (χ3n) is 3.93. The number of aromatic nitrogens is 2. The molecule has 1 atom stereocenters. The molecule has 1 N–H and O–H groups in total. The molecule has 1 unspecified atom stereocenters. The number of hydrogen-bond acceptors (Lipinski definition) is 3. The largest absolute Gasteiger partial charge is 0.480 e. The molecule has 2 aromatic rings. The molecule has 3 rings (SSSR count). The fraction of sp³-hybridized carbons (Fsp3) is 0.375. The monoisotopic (exact) mass is 285 g/mol. The van der Waals surface area contributed by atoms with Gasteiger partial charge in [-0.3, -0.25) is 9.69 Å². The molecule has 0 radical (unpaired) electrons. The van der Waals surface area contributed by atoms with Gasteiger partial charge in [0.05, 0.1) is 11.9 Å². The highest BCUT2D eigenvalue weighted by Crippen LogP contribution is 2.25. The summed E-state index contributed by atoms with van der Waals surface area (Å²) in [5, 5.41) is 13.9. The molecule has 1 aromatic carbocycles. The Labute approximate surface area is 123 Å². The average molecular weight is 285 g/mol. The van der Waals surface area contributed by atoms with Crippen molar-refractivity contribution in [3.05, 3.63) is 48.3 Å². The number of nitrogens with zero attached hydrogens (tertiary/aromatic N) is 3. The lowest BCUT2D eigenvalue weighted by Gasteiger charge is -2.31. The third-order valence-corrected chi connectivity index (χ3v) is 3.93. The Morgan fingerprint density at radius 1 is 1.14 bits per heavy atom. The molecule has 110 valence electrons. The van der Waals surface area contributed by atoms with E-state index in [0.29, 0.717) is 0 Å². The maximum Gasteiger partial charge on any atom is 0.325 e. The van der Waals surface area contributed by atoms with Crippen LogP contribution in [0.5, 0.6) is 0 Å². The highest BCUT2D eigenvalue weighted by molar-refractivity contribution is 5.75. The topological polar surface area (TPSA) is 58.4 Å². The van der Waals surface area contributed by atoms with E-state index in [0.717, 1.165) is 37.2 Å². The first kappa shape index (κ1) is 13.8. The van der Waals surface area contributed by atoms with Crippen LogP contribution in [0.2, 0.25) is 0 Å². The van der Waals surface area contributed by atoms with Crippen molar-refractivity contribution in [3.8, 4) is 5.69 Å². The molecule has 1 aliphatic rings. The summed E-state index contributed by atoms with van der Waals surface area (Å²) in [4.78, 5) is 13.7. The SMILES string of the molecule is O=C(O)C(c1cnn(-c2ccccc2)c1)N1CCCCC1. The zero-order chi connectivity index (χ0) is 14.7. The van der Waals surface area contributed by atoms with E-state index in [1.165, 1.54) is 6.42 Å². The summed E-state index contributed by atoms with van der Waals surface area (Å²) in [7, 11) is 0. The Morgan fingerprint density at radius 2 is 1.86 bits per heavy atom. The molecule has 0 saturated carbocycles. The number of carbonyl (C=O) groups is 1. The van der Waals surface area contributed by atoms with E-state index < -0.39 is 12.0 Å². The number of carboxylic acids is 1. The minimum Gasteiger partial charge on any atom is -0.480 e. The van der Waals surface area contributed by atoms with Gasteiger partial charge in [-0.2, -0.15) is 5.10 Å². The first-order valence-electron chi connectivity index (χ1n) is 7.32. The first-order valence-corrected chi connectivity index (χ1v) is 7.32. The summed E-state index contributed by atoms with van der Waals surface area (Å²) >= 11 is 0. The number of benzene rings is 1. The van der Waals surface area contributed by atoms with Gasteiger partial charge in [-0.25, -0.2) is 4.68 Å². The molecule has 1 aliphatic heterocycles. The van der Waals surface area contributed by atoms with E-state index in [-0.39, 0.29) is 0 Å². The highest BCUT2D eigenvalue weighted by atomic mass is 16.4. The molecule has 0 bridgehead atoms. The Morgan fingerprint density at radius 3 is 2.52 bits per heavy atom. The number of rotatable bonds is 4. The predicted octanol–water partition coefficient (Wildman–Crippen LogP) is 2.48. The molecule has 5 nitrogen and oxygen atoms in total. The lowest BCUT2D eigenvalue weighted by Crippen LogP contribution is -2.37. The molecular formula is C16H19N3O2. The molecule has 2 heterocycles. The second-order valence-corrected chi connectivity index (χ2v) is 5.39. The Balaban J connectivity index is 1.87. The molecule has 5 heteroatoms. The summed E-state index contributed by atoms with van der Waals surface area (Å²) in [6, 6.07) is 9.14. The average Bonchev–Trinajstić information content (AvgIpc) is 2.98. The van der Waals surface area contributed by atoms with Crippen molar-refractivity contribution in [1.82, 2.24) is 14.7 Å². The summed E-state index contributed by atoms with van der Waals surface area (Å²) in [5.74, 6) is -0.801. The standard InChI is InChI=1S/C16H19N3O2/c20-16(21)15(18-9-5-2-6-10-18)13-11-17-19(12-13)14-7-3-1-4-8-14/h1,3-4,7-8,11-12,15H,2,5-6,9-10H2,(H,20,21). The van der Waals surface area contributed by atoms with E-state index in [1.54, 1.807) is 10.9 Å². The molecular weight excluding hydrogens is 266 g/mol. The Bertz CT molecular complexity index is 603. The van der Waals surface area contributed by atoms with E-state index in [1.807, 2.05) is 41.4 Å². The van der Waals surface area contributed by atoms with Crippen LogP contribution in [-0.2, 0) is 4.79 Å². The van der Waals surface area contributed by atoms with Gasteiger partial charge >= 0.3 is 5.97 Å². The molecule has 0 amide bonds. The molecule has 1 saturated heterocycles. The predicted molar refractivity (Wildman–Crippen MR) is 79.4 cm³/mol.